The van der Waals surface area contributed by atoms with E-state index in [2.05, 4.69) is 20.3 Å². The van der Waals surface area contributed by atoms with Crippen LogP contribution in [0.3, 0.4) is 0 Å². The highest BCUT2D eigenvalue weighted by Crippen LogP contribution is 2.43. The number of nitrogens with two attached hydrogens (primary N) is 1. The van der Waals surface area contributed by atoms with Crippen LogP contribution in [0.15, 0.2) is 12.7 Å². The molecule has 0 unspecified atom stereocenters. The van der Waals surface area contributed by atoms with Crippen molar-refractivity contribution in [3.8, 4) is 0 Å². The monoisotopic (exact) mass is 390 g/mol. The van der Waals surface area contributed by atoms with E-state index in [1.807, 2.05) is 11.5 Å². The van der Waals surface area contributed by atoms with Crippen LogP contribution < -0.4 is 11.1 Å². The Morgan fingerprint density at radius 3 is 2.72 bits per heavy atom. The van der Waals surface area contributed by atoms with Crippen LogP contribution in [0, 0.1) is 0 Å². The number of hydrogen-bond acceptors (Lipinski definition) is 7. The van der Waals surface area contributed by atoms with Gasteiger partial charge in [0.05, 0.1) is 24.6 Å². The highest BCUT2D eigenvalue weighted by Gasteiger charge is 2.48. The second kappa shape index (κ2) is 7.20. The van der Waals surface area contributed by atoms with Crippen LogP contribution >= 0.6 is 24.8 Å². The predicted octanol–water partition coefficient (Wildman–Crippen LogP) is 1.09. The molecule has 4 N–H and O–H groups in total. The predicted molar refractivity (Wildman–Crippen MR) is 99.3 cm³/mol. The zero-order chi connectivity index (χ0) is 16.1. The molecule has 2 fully saturated rings. The Balaban J connectivity index is 0.00000113. The SMILES string of the molecule is C[C@@]1(O)COC2(CCNCC2)C[C@H]1n1cnc2c(N)ncnc21.Cl.Cl. The third-order valence-corrected chi connectivity index (χ3v) is 5.19. The largest absolute Gasteiger partial charge is 0.386 e. The zero-order valence-corrected chi connectivity index (χ0v) is 15.6. The van der Waals surface area contributed by atoms with E-state index in [0.29, 0.717) is 23.6 Å². The molecule has 2 aromatic rings. The van der Waals surface area contributed by atoms with Gasteiger partial charge in [-0.1, -0.05) is 0 Å². The molecule has 140 valence electrons. The molecule has 0 radical (unpaired) electrons. The van der Waals surface area contributed by atoms with Crippen LogP contribution in [0.2, 0.25) is 0 Å². The fourth-order valence-electron chi connectivity index (χ4n) is 3.75. The van der Waals surface area contributed by atoms with Crippen molar-refractivity contribution in [1.29, 1.82) is 0 Å². The minimum absolute atomic E-state index is 0. The summed E-state index contributed by atoms with van der Waals surface area (Å²) in [5.74, 6) is 0.358. The van der Waals surface area contributed by atoms with Crippen LogP contribution in [-0.4, -0.2) is 55.5 Å². The van der Waals surface area contributed by atoms with Gasteiger partial charge >= 0.3 is 0 Å². The quantitative estimate of drug-likeness (QED) is 0.667. The van der Waals surface area contributed by atoms with E-state index >= 15 is 0 Å². The molecule has 1 spiro atoms. The molecule has 25 heavy (non-hydrogen) atoms. The highest BCUT2D eigenvalue weighted by molar-refractivity contribution is 5.85. The molecule has 2 aromatic heterocycles. The minimum Gasteiger partial charge on any atom is -0.386 e. The maximum atomic E-state index is 10.9. The molecule has 8 nitrogen and oxygen atoms in total. The first-order valence-electron chi connectivity index (χ1n) is 8.01. The second-order valence-corrected chi connectivity index (χ2v) is 6.88. The number of aliphatic hydroxyl groups is 1. The Morgan fingerprint density at radius 1 is 1.28 bits per heavy atom. The van der Waals surface area contributed by atoms with Crippen molar-refractivity contribution in [2.24, 2.45) is 0 Å². The minimum atomic E-state index is -0.983. The van der Waals surface area contributed by atoms with Crippen LogP contribution in [0.5, 0.6) is 0 Å². The summed E-state index contributed by atoms with van der Waals surface area (Å²) >= 11 is 0. The topological polar surface area (TPSA) is 111 Å². The summed E-state index contributed by atoms with van der Waals surface area (Å²) < 4.78 is 8.03. The summed E-state index contributed by atoms with van der Waals surface area (Å²) in [5, 5.41) is 14.2. The van der Waals surface area contributed by atoms with Gasteiger partial charge in [-0.25, -0.2) is 15.0 Å². The number of nitrogen functional groups attached to an aromatic ring is 1. The summed E-state index contributed by atoms with van der Waals surface area (Å²) in [7, 11) is 0. The average molecular weight is 391 g/mol. The molecule has 10 heteroatoms. The van der Waals surface area contributed by atoms with Gasteiger partial charge in [0.15, 0.2) is 11.5 Å². The lowest BCUT2D eigenvalue weighted by atomic mass is 9.77. The number of hydrogen-bond donors (Lipinski definition) is 3. The Bertz CT molecular complexity index is 732. The van der Waals surface area contributed by atoms with Crippen molar-refractivity contribution in [3.63, 3.8) is 0 Å². The number of rotatable bonds is 1. The van der Waals surface area contributed by atoms with Crippen molar-refractivity contribution in [1.82, 2.24) is 24.8 Å². The summed E-state index contributed by atoms with van der Waals surface area (Å²) in [6.45, 7) is 3.99. The van der Waals surface area contributed by atoms with Crippen LogP contribution in [0.4, 0.5) is 5.82 Å². The molecule has 0 saturated carbocycles. The number of piperidine rings is 1. The number of fused-ring (bicyclic) bond motifs is 1. The highest BCUT2D eigenvalue weighted by atomic mass is 35.5. The third-order valence-electron chi connectivity index (χ3n) is 5.19. The van der Waals surface area contributed by atoms with Gasteiger partial charge in [0.2, 0.25) is 0 Å². The first kappa shape index (κ1) is 20.1. The fraction of sp³-hybridized carbons (Fsp3) is 0.667. The van der Waals surface area contributed by atoms with E-state index in [4.69, 9.17) is 10.5 Å². The molecule has 2 aliphatic heterocycles. The normalized spacial score (nSPS) is 28.3. The van der Waals surface area contributed by atoms with Crippen LogP contribution in [0.1, 0.15) is 32.2 Å². The standard InChI is InChI=1S/C15H22N6O2.2ClH/c1-14(22)7-23-15(2-4-17-5-3-15)6-10(14)21-9-20-11-12(16)18-8-19-13(11)21;;/h8-10,17,22H,2-7H2,1H3,(H2,16,18,19);2*1H/t10-,14-;;/m1../s1. The Hall–Kier alpha value is -1.19. The van der Waals surface area contributed by atoms with E-state index < -0.39 is 5.60 Å². The number of anilines is 1. The Morgan fingerprint density at radius 2 is 2.00 bits per heavy atom. The fourth-order valence-corrected chi connectivity index (χ4v) is 3.75. The van der Waals surface area contributed by atoms with Crippen molar-refractivity contribution >= 4 is 41.8 Å². The van der Waals surface area contributed by atoms with Gasteiger partial charge in [0.1, 0.15) is 17.4 Å². The second-order valence-electron chi connectivity index (χ2n) is 6.88. The van der Waals surface area contributed by atoms with Gasteiger partial charge in [0, 0.05) is 6.42 Å². The lowest BCUT2D eigenvalue weighted by molar-refractivity contribution is -0.194. The smallest absolute Gasteiger partial charge is 0.165 e. The van der Waals surface area contributed by atoms with Crippen molar-refractivity contribution in [2.75, 3.05) is 25.4 Å². The number of nitrogens with one attached hydrogen (secondary N) is 1. The molecule has 4 rings (SSSR count). The summed E-state index contributed by atoms with van der Waals surface area (Å²) in [6, 6.07) is -0.159. The van der Waals surface area contributed by atoms with Crippen molar-refractivity contribution in [3.05, 3.63) is 12.7 Å². The van der Waals surface area contributed by atoms with Gasteiger partial charge in [-0.3, -0.25) is 0 Å². The lowest BCUT2D eigenvalue weighted by Crippen LogP contribution is -2.56. The maximum absolute atomic E-state index is 10.9. The molecule has 2 saturated heterocycles. The van der Waals surface area contributed by atoms with Crippen LogP contribution in [-0.2, 0) is 4.74 Å². The molecule has 0 aliphatic carbocycles. The maximum Gasteiger partial charge on any atom is 0.165 e. The number of imidazole rings is 1. The molecule has 0 bridgehead atoms. The molecule has 0 aromatic carbocycles. The Labute approximate surface area is 158 Å². The van der Waals surface area contributed by atoms with E-state index in [1.165, 1.54) is 6.33 Å². The van der Waals surface area contributed by atoms with Gasteiger partial charge in [-0.15, -0.1) is 24.8 Å². The number of halogens is 2. The summed E-state index contributed by atoms with van der Waals surface area (Å²) in [4.78, 5) is 12.6. The van der Waals surface area contributed by atoms with Gasteiger partial charge in [-0.05, 0) is 32.9 Å². The number of ether oxygens (including phenoxy) is 1. The van der Waals surface area contributed by atoms with Crippen molar-refractivity contribution in [2.45, 2.75) is 43.4 Å². The number of nitrogens with zero attached hydrogens (tertiary/aromatic N) is 4. The number of aromatic nitrogens is 4. The lowest BCUT2D eigenvalue weighted by Gasteiger charge is -2.49. The van der Waals surface area contributed by atoms with E-state index in [1.54, 1.807) is 6.33 Å². The van der Waals surface area contributed by atoms with Crippen molar-refractivity contribution < 1.29 is 9.84 Å². The van der Waals surface area contributed by atoms with E-state index in [0.717, 1.165) is 32.4 Å². The van der Waals surface area contributed by atoms with E-state index in [9.17, 15) is 5.11 Å². The van der Waals surface area contributed by atoms with Gasteiger partial charge in [-0.2, -0.15) is 0 Å². The third kappa shape index (κ3) is 3.41. The van der Waals surface area contributed by atoms with Gasteiger partial charge in [0.25, 0.3) is 0 Å². The molecular weight excluding hydrogens is 367 g/mol. The first-order chi connectivity index (χ1) is 11.0. The molecular formula is C15H24Cl2N6O2. The molecule has 4 heterocycles. The summed E-state index contributed by atoms with van der Waals surface area (Å²) in [5.41, 5.74) is 5.95. The van der Waals surface area contributed by atoms with Gasteiger partial charge < -0.3 is 25.5 Å². The zero-order valence-electron chi connectivity index (χ0n) is 14.0. The van der Waals surface area contributed by atoms with E-state index in [-0.39, 0.29) is 36.5 Å². The van der Waals surface area contributed by atoms with Crippen LogP contribution in [0.25, 0.3) is 11.2 Å². The summed E-state index contributed by atoms with van der Waals surface area (Å²) in [6.07, 6.45) is 5.77. The average Bonchev–Trinajstić information content (AvgIpc) is 2.96. The molecule has 0 amide bonds. The molecule has 2 atom stereocenters. The Kier molecular flexibility index (Phi) is 5.80. The first-order valence-corrected chi connectivity index (χ1v) is 8.01. The molecule has 2 aliphatic rings.